The van der Waals surface area contributed by atoms with Crippen LogP contribution in [0.2, 0.25) is 5.02 Å². The van der Waals surface area contributed by atoms with Crippen molar-refractivity contribution in [1.29, 1.82) is 0 Å². The summed E-state index contributed by atoms with van der Waals surface area (Å²) in [5.41, 5.74) is 1.37. The molecular formula is C12H19Cl. The first-order chi connectivity index (χ1) is 6.18. The Kier molecular flexibility index (Phi) is 6.70. The fourth-order valence-electron chi connectivity index (χ4n) is 1.09. The second-order valence-corrected chi connectivity index (χ2v) is 3.66. The van der Waals surface area contributed by atoms with Crippen LogP contribution >= 0.6 is 11.6 Å². The van der Waals surface area contributed by atoms with Gasteiger partial charge in [-0.15, -0.1) is 0 Å². The van der Waals surface area contributed by atoms with Gasteiger partial charge in [-0.3, -0.25) is 0 Å². The van der Waals surface area contributed by atoms with Gasteiger partial charge in [-0.25, -0.2) is 0 Å². The van der Waals surface area contributed by atoms with Gasteiger partial charge in [0, 0.05) is 5.02 Å². The maximum Gasteiger partial charge on any atom is 0.0406 e. The lowest BCUT2D eigenvalue weighted by atomic mass is 10.0. The molecule has 0 aliphatic heterocycles. The third kappa shape index (κ3) is 5.70. The standard InChI is InChI=1S/C10H13Cl.C2H6/c1-8(2)7-9-3-5-10(11)6-4-9;1-2/h3-6,8H,7H2,1-2H3;1-2H3. The Morgan fingerprint density at radius 2 is 1.54 bits per heavy atom. The zero-order valence-electron chi connectivity index (χ0n) is 8.97. The molecule has 1 heteroatoms. The highest BCUT2D eigenvalue weighted by Crippen LogP contribution is 2.12. The van der Waals surface area contributed by atoms with E-state index in [2.05, 4.69) is 26.0 Å². The van der Waals surface area contributed by atoms with Crippen molar-refractivity contribution in [2.75, 3.05) is 0 Å². The number of benzene rings is 1. The molecule has 0 fully saturated rings. The van der Waals surface area contributed by atoms with E-state index in [-0.39, 0.29) is 0 Å². The smallest absolute Gasteiger partial charge is 0.0406 e. The van der Waals surface area contributed by atoms with Crippen LogP contribution in [0.15, 0.2) is 24.3 Å². The van der Waals surface area contributed by atoms with Gasteiger partial charge in [0.15, 0.2) is 0 Å². The van der Waals surface area contributed by atoms with Gasteiger partial charge in [0.25, 0.3) is 0 Å². The van der Waals surface area contributed by atoms with Gasteiger partial charge >= 0.3 is 0 Å². The highest BCUT2D eigenvalue weighted by Gasteiger charge is 1.96. The van der Waals surface area contributed by atoms with Crippen molar-refractivity contribution in [3.8, 4) is 0 Å². The van der Waals surface area contributed by atoms with Gasteiger partial charge in [0.05, 0.1) is 0 Å². The first kappa shape index (κ1) is 12.5. The van der Waals surface area contributed by atoms with Gasteiger partial charge < -0.3 is 0 Å². The minimum Gasteiger partial charge on any atom is -0.0843 e. The maximum absolute atomic E-state index is 5.75. The van der Waals surface area contributed by atoms with Crippen LogP contribution < -0.4 is 0 Å². The average molecular weight is 199 g/mol. The molecule has 0 aliphatic rings. The van der Waals surface area contributed by atoms with Crippen LogP contribution in [0.5, 0.6) is 0 Å². The molecular weight excluding hydrogens is 180 g/mol. The van der Waals surface area contributed by atoms with Crippen molar-refractivity contribution >= 4 is 11.6 Å². The summed E-state index contributed by atoms with van der Waals surface area (Å²) in [6, 6.07) is 8.06. The Hall–Kier alpha value is -0.490. The lowest BCUT2D eigenvalue weighted by molar-refractivity contribution is 0.647. The highest BCUT2D eigenvalue weighted by molar-refractivity contribution is 6.30. The Balaban J connectivity index is 0.000000671. The maximum atomic E-state index is 5.75. The fourth-order valence-corrected chi connectivity index (χ4v) is 1.22. The zero-order chi connectivity index (χ0) is 10.3. The van der Waals surface area contributed by atoms with Crippen LogP contribution in [0.1, 0.15) is 33.3 Å². The van der Waals surface area contributed by atoms with Gasteiger partial charge in [0.2, 0.25) is 0 Å². The van der Waals surface area contributed by atoms with Crippen LogP contribution in [0.4, 0.5) is 0 Å². The SMILES string of the molecule is CC.CC(C)Cc1ccc(Cl)cc1. The lowest BCUT2D eigenvalue weighted by Gasteiger charge is -2.03. The Bertz CT molecular complexity index is 211. The van der Waals surface area contributed by atoms with Crippen LogP contribution in [-0.2, 0) is 6.42 Å². The van der Waals surface area contributed by atoms with E-state index in [9.17, 15) is 0 Å². The molecule has 1 aromatic carbocycles. The van der Waals surface area contributed by atoms with E-state index >= 15 is 0 Å². The summed E-state index contributed by atoms with van der Waals surface area (Å²) in [6.07, 6.45) is 1.14. The molecule has 0 saturated heterocycles. The van der Waals surface area contributed by atoms with Crippen LogP contribution in [0.3, 0.4) is 0 Å². The Morgan fingerprint density at radius 3 is 1.92 bits per heavy atom. The zero-order valence-corrected chi connectivity index (χ0v) is 9.73. The normalized spacial score (nSPS) is 9.38. The second-order valence-electron chi connectivity index (χ2n) is 3.22. The molecule has 0 aromatic heterocycles. The van der Waals surface area contributed by atoms with Crippen molar-refractivity contribution in [2.24, 2.45) is 5.92 Å². The molecule has 13 heavy (non-hydrogen) atoms. The summed E-state index contributed by atoms with van der Waals surface area (Å²) in [4.78, 5) is 0. The Labute approximate surface area is 86.9 Å². The van der Waals surface area contributed by atoms with E-state index in [0.717, 1.165) is 17.4 Å². The summed E-state index contributed by atoms with van der Waals surface area (Å²) in [5.74, 6) is 0.719. The summed E-state index contributed by atoms with van der Waals surface area (Å²) in [5, 5.41) is 0.817. The van der Waals surface area contributed by atoms with Crippen molar-refractivity contribution in [3.05, 3.63) is 34.9 Å². The predicted molar refractivity (Wildman–Crippen MR) is 61.3 cm³/mol. The van der Waals surface area contributed by atoms with Crippen LogP contribution in [0.25, 0.3) is 0 Å². The molecule has 1 aromatic rings. The Morgan fingerprint density at radius 1 is 1.08 bits per heavy atom. The van der Waals surface area contributed by atoms with Crippen molar-refractivity contribution in [2.45, 2.75) is 34.1 Å². The number of halogens is 1. The number of rotatable bonds is 2. The van der Waals surface area contributed by atoms with E-state index in [1.807, 2.05) is 26.0 Å². The van der Waals surface area contributed by atoms with E-state index in [1.165, 1.54) is 5.56 Å². The monoisotopic (exact) mass is 198 g/mol. The molecule has 0 N–H and O–H groups in total. The molecule has 0 nitrogen and oxygen atoms in total. The number of hydrogen-bond donors (Lipinski definition) is 0. The van der Waals surface area contributed by atoms with E-state index in [4.69, 9.17) is 11.6 Å². The topological polar surface area (TPSA) is 0 Å². The number of hydrogen-bond acceptors (Lipinski definition) is 0. The van der Waals surface area contributed by atoms with Crippen molar-refractivity contribution in [3.63, 3.8) is 0 Å². The van der Waals surface area contributed by atoms with Crippen LogP contribution in [-0.4, -0.2) is 0 Å². The molecule has 0 amide bonds. The van der Waals surface area contributed by atoms with E-state index < -0.39 is 0 Å². The lowest BCUT2D eigenvalue weighted by Crippen LogP contribution is -1.92. The fraction of sp³-hybridized carbons (Fsp3) is 0.500. The van der Waals surface area contributed by atoms with Crippen molar-refractivity contribution in [1.82, 2.24) is 0 Å². The third-order valence-electron chi connectivity index (χ3n) is 1.56. The third-order valence-corrected chi connectivity index (χ3v) is 1.81. The summed E-state index contributed by atoms with van der Waals surface area (Å²) < 4.78 is 0. The first-order valence-corrected chi connectivity index (χ1v) is 5.30. The summed E-state index contributed by atoms with van der Waals surface area (Å²) >= 11 is 5.75. The quantitative estimate of drug-likeness (QED) is 0.654. The van der Waals surface area contributed by atoms with Crippen molar-refractivity contribution < 1.29 is 0 Å². The largest absolute Gasteiger partial charge is 0.0843 e. The van der Waals surface area contributed by atoms with Crippen LogP contribution in [0, 0.1) is 5.92 Å². The van der Waals surface area contributed by atoms with Gasteiger partial charge in [-0.2, -0.15) is 0 Å². The minimum absolute atomic E-state index is 0.719. The summed E-state index contributed by atoms with van der Waals surface area (Å²) in [7, 11) is 0. The average Bonchev–Trinajstić information content (AvgIpc) is 2.12. The first-order valence-electron chi connectivity index (χ1n) is 4.93. The molecule has 0 bridgehead atoms. The molecule has 0 aliphatic carbocycles. The second kappa shape index (κ2) is 6.97. The molecule has 0 atom stereocenters. The van der Waals surface area contributed by atoms with E-state index in [1.54, 1.807) is 0 Å². The molecule has 0 saturated carbocycles. The molecule has 0 unspecified atom stereocenters. The highest BCUT2D eigenvalue weighted by atomic mass is 35.5. The molecule has 1 rings (SSSR count). The predicted octanol–water partition coefficient (Wildman–Crippen LogP) is 4.56. The molecule has 0 spiro atoms. The van der Waals surface area contributed by atoms with Gasteiger partial charge in [-0.05, 0) is 30.0 Å². The molecule has 0 heterocycles. The van der Waals surface area contributed by atoms with Gasteiger partial charge in [-0.1, -0.05) is 51.4 Å². The molecule has 74 valence electrons. The van der Waals surface area contributed by atoms with E-state index in [0.29, 0.717) is 0 Å². The summed E-state index contributed by atoms with van der Waals surface area (Å²) in [6.45, 7) is 8.43. The van der Waals surface area contributed by atoms with Gasteiger partial charge in [0.1, 0.15) is 0 Å². The minimum atomic E-state index is 0.719. The molecule has 0 radical (unpaired) electrons.